The number of rotatable bonds is 1. The molecule has 1 aliphatic rings. The summed E-state index contributed by atoms with van der Waals surface area (Å²) in [5.41, 5.74) is 4.92. The molecule has 0 fully saturated rings. The van der Waals surface area contributed by atoms with Crippen molar-refractivity contribution in [1.29, 1.82) is 0 Å². The van der Waals surface area contributed by atoms with Crippen molar-refractivity contribution in [2.24, 2.45) is 0 Å². The fraction of sp³-hybridized carbons (Fsp3) is 0.0667. The van der Waals surface area contributed by atoms with Crippen LogP contribution >= 0.6 is 0 Å². The zero-order valence-electron chi connectivity index (χ0n) is 10.3. The average Bonchev–Trinajstić information content (AvgIpc) is 2.89. The second-order valence-corrected chi connectivity index (χ2v) is 4.61. The molecule has 0 radical (unpaired) electrons. The highest BCUT2D eigenvalue weighted by Gasteiger charge is 2.28. The van der Waals surface area contributed by atoms with E-state index in [1.165, 1.54) is 0 Å². The van der Waals surface area contributed by atoms with E-state index in [1.54, 1.807) is 0 Å². The van der Waals surface area contributed by atoms with E-state index in [0.717, 1.165) is 33.4 Å². The van der Waals surface area contributed by atoms with Crippen molar-refractivity contribution in [2.75, 3.05) is 12.4 Å². The van der Waals surface area contributed by atoms with E-state index in [1.807, 2.05) is 43.4 Å². The van der Waals surface area contributed by atoms with Gasteiger partial charge < -0.3 is 5.32 Å². The highest BCUT2D eigenvalue weighted by Crippen LogP contribution is 2.40. The Bertz CT molecular complexity index is 833. The minimum Gasteiger partial charge on any atom is -0.388 e. The van der Waals surface area contributed by atoms with Gasteiger partial charge in [0.2, 0.25) is 0 Å². The van der Waals surface area contributed by atoms with Gasteiger partial charge in [-0.15, -0.1) is 0 Å². The molecule has 3 aromatic rings. The first-order valence-electron chi connectivity index (χ1n) is 6.14. The largest absolute Gasteiger partial charge is 0.388 e. The molecule has 0 saturated heterocycles. The number of nitrogens with zero attached hydrogens (tertiary/aromatic N) is 1. The van der Waals surface area contributed by atoms with E-state index >= 15 is 0 Å². The molecule has 0 bridgehead atoms. The summed E-state index contributed by atoms with van der Waals surface area (Å²) in [6, 6.07) is 11.5. The maximum absolute atomic E-state index is 12.7. The molecular formula is C15H11N3O. The monoisotopic (exact) mass is 249 g/mol. The molecule has 0 atom stereocenters. The number of H-pyrrole nitrogens is 1. The SMILES string of the molecule is CNc1cccc2c1C(=O)c1cccc3[nH]nc-2c13. The molecule has 0 aliphatic heterocycles. The molecule has 0 saturated carbocycles. The van der Waals surface area contributed by atoms with Gasteiger partial charge in [0, 0.05) is 29.2 Å². The summed E-state index contributed by atoms with van der Waals surface area (Å²) in [5.74, 6) is 0.0550. The van der Waals surface area contributed by atoms with Crippen LogP contribution in [0.4, 0.5) is 5.69 Å². The predicted molar refractivity (Wildman–Crippen MR) is 74.5 cm³/mol. The Kier molecular flexibility index (Phi) is 1.87. The van der Waals surface area contributed by atoms with Gasteiger partial charge in [0.15, 0.2) is 5.78 Å². The van der Waals surface area contributed by atoms with Crippen molar-refractivity contribution in [3.05, 3.63) is 47.5 Å². The van der Waals surface area contributed by atoms with Gasteiger partial charge in [-0.1, -0.05) is 24.3 Å². The molecule has 0 amide bonds. The smallest absolute Gasteiger partial charge is 0.196 e. The van der Waals surface area contributed by atoms with Gasteiger partial charge in [-0.05, 0) is 12.1 Å². The number of ketones is 1. The number of aromatic nitrogens is 2. The van der Waals surface area contributed by atoms with E-state index in [-0.39, 0.29) is 5.78 Å². The van der Waals surface area contributed by atoms with Gasteiger partial charge >= 0.3 is 0 Å². The summed E-state index contributed by atoms with van der Waals surface area (Å²) in [6.07, 6.45) is 0. The Hall–Kier alpha value is -2.62. The second-order valence-electron chi connectivity index (χ2n) is 4.61. The van der Waals surface area contributed by atoms with Crippen molar-refractivity contribution in [1.82, 2.24) is 10.2 Å². The summed E-state index contributed by atoms with van der Waals surface area (Å²) in [7, 11) is 1.82. The molecule has 92 valence electrons. The van der Waals surface area contributed by atoms with Gasteiger partial charge in [0.05, 0.1) is 11.1 Å². The fourth-order valence-corrected chi connectivity index (χ4v) is 2.79. The average molecular weight is 249 g/mol. The quantitative estimate of drug-likeness (QED) is 0.545. The van der Waals surface area contributed by atoms with Gasteiger partial charge in [0.25, 0.3) is 0 Å². The third kappa shape index (κ3) is 1.18. The van der Waals surface area contributed by atoms with Crippen molar-refractivity contribution in [3.63, 3.8) is 0 Å². The summed E-state index contributed by atoms with van der Waals surface area (Å²) >= 11 is 0. The Morgan fingerprint density at radius 1 is 1.11 bits per heavy atom. The van der Waals surface area contributed by atoms with Crippen LogP contribution < -0.4 is 5.32 Å². The van der Waals surface area contributed by atoms with Crippen molar-refractivity contribution in [2.45, 2.75) is 0 Å². The number of hydrogen-bond acceptors (Lipinski definition) is 3. The first-order valence-corrected chi connectivity index (χ1v) is 6.14. The van der Waals surface area contributed by atoms with Crippen LogP contribution in [0.3, 0.4) is 0 Å². The summed E-state index contributed by atoms with van der Waals surface area (Å²) in [4.78, 5) is 12.7. The lowest BCUT2D eigenvalue weighted by Crippen LogP contribution is -2.11. The number of nitrogens with one attached hydrogen (secondary N) is 2. The standard InChI is InChI=1S/C15H11N3O/c1-16-10-6-2-4-8-13(10)15(19)9-5-3-7-11-12(9)14(8)18-17-11/h2-7,16H,1H3,(H,17,18). The minimum atomic E-state index is 0.0550. The van der Waals surface area contributed by atoms with Crippen LogP contribution in [-0.4, -0.2) is 23.0 Å². The summed E-state index contributed by atoms with van der Waals surface area (Å²) in [6.45, 7) is 0. The molecule has 2 aromatic carbocycles. The van der Waals surface area contributed by atoms with Crippen LogP contribution in [-0.2, 0) is 0 Å². The third-order valence-corrected chi connectivity index (χ3v) is 3.65. The Morgan fingerprint density at radius 3 is 2.74 bits per heavy atom. The van der Waals surface area contributed by atoms with E-state index < -0.39 is 0 Å². The Balaban J connectivity index is 2.21. The van der Waals surface area contributed by atoms with Crippen LogP contribution in [0.5, 0.6) is 0 Å². The molecule has 1 aromatic heterocycles. The zero-order chi connectivity index (χ0) is 13.0. The highest BCUT2D eigenvalue weighted by molar-refractivity contribution is 6.27. The molecule has 19 heavy (non-hydrogen) atoms. The highest BCUT2D eigenvalue weighted by atomic mass is 16.1. The normalized spacial score (nSPS) is 12.6. The molecule has 2 N–H and O–H groups in total. The molecule has 0 unspecified atom stereocenters. The summed E-state index contributed by atoms with van der Waals surface area (Å²) in [5, 5.41) is 11.4. The van der Waals surface area contributed by atoms with Gasteiger partial charge in [-0.25, -0.2) is 0 Å². The number of aromatic amines is 1. The minimum absolute atomic E-state index is 0.0550. The van der Waals surface area contributed by atoms with E-state index in [9.17, 15) is 4.79 Å². The Labute approximate surface area is 109 Å². The third-order valence-electron chi connectivity index (χ3n) is 3.65. The Morgan fingerprint density at radius 2 is 1.89 bits per heavy atom. The molecule has 1 heterocycles. The lowest BCUT2D eigenvalue weighted by molar-refractivity contribution is 0.104. The number of fused-ring (bicyclic) bond motifs is 2. The number of carbonyl (C=O) groups excluding carboxylic acids is 1. The molecular weight excluding hydrogens is 238 g/mol. The van der Waals surface area contributed by atoms with Crippen LogP contribution in [0.2, 0.25) is 0 Å². The fourth-order valence-electron chi connectivity index (χ4n) is 2.79. The molecule has 4 heteroatoms. The van der Waals surface area contributed by atoms with Crippen molar-refractivity contribution >= 4 is 22.4 Å². The topological polar surface area (TPSA) is 57.8 Å². The first-order chi connectivity index (χ1) is 9.31. The summed E-state index contributed by atoms with van der Waals surface area (Å²) < 4.78 is 0. The van der Waals surface area contributed by atoms with Gasteiger partial charge in [-0.3, -0.25) is 9.89 Å². The molecule has 1 aliphatic carbocycles. The molecule has 4 nitrogen and oxygen atoms in total. The number of hydrogen-bond donors (Lipinski definition) is 2. The van der Waals surface area contributed by atoms with Gasteiger partial charge in [-0.2, -0.15) is 5.10 Å². The van der Waals surface area contributed by atoms with E-state index in [0.29, 0.717) is 5.56 Å². The van der Waals surface area contributed by atoms with E-state index in [4.69, 9.17) is 0 Å². The molecule has 0 spiro atoms. The lowest BCUT2D eigenvalue weighted by Gasteiger charge is -2.17. The van der Waals surface area contributed by atoms with Crippen molar-refractivity contribution in [3.8, 4) is 11.3 Å². The maximum atomic E-state index is 12.7. The number of carbonyl (C=O) groups is 1. The zero-order valence-corrected chi connectivity index (χ0v) is 10.3. The number of anilines is 1. The maximum Gasteiger partial charge on any atom is 0.196 e. The van der Waals surface area contributed by atoms with Crippen molar-refractivity contribution < 1.29 is 4.79 Å². The van der Waals surface area contributed by atoms with Crippen LogP contribution in [0.25, 0.3) is 22.2 Å². The molecule has 4 rings (SSSR count). The van der Waals surface area contributed by atoms with Crippen LogP contribution in [0.15, 0.2) is 36.4 Å². The van der Waals surface area contributed by atoms with Crippen LogP contribution in [0, 0.1) is 0 Å². The second kappa shape index (κ2) is 3.45. The predicted octanol–water partition coefficient (Wildman–Crippen LogP) is 2.82. The lowest BCUT2D eigenvalue weighted by atomic mass is 9.86. The van der Waals surface area contributed by atoms with Gasteiger partial charge in [0.1, 0.15) is 5.69 Å². The first kappa shape index (κ1) is 10.3. The number of benzene rings is 2. The van der Waals surface area contributed by atoms with E-state index in [2.05, 4.69) is 15.5 Å². The van der Waals surface area contributed by atoms with Crippen LogP contribution in [0.1, 0.15) is 15.9 Å².